The van der Waals surface area contributed by atoms with Gasteiger partial charge in [-0.3, -0.25) is 0 Å². The first-order valence-corrected chi connectivity index (χ1v) is 7.88. The Labute approximate surface area is 136 Å². The molecule has 1 rings (SSSR count). The predicted octanol–water partition coefficient (Wildman–Crippen LogP) is 2.38. The Morgan fingerprint density at radius 1 is 1.25 bits per heavy atom. The van der Waals surface area contributed by atoms with E-state index in [2.05, 4.69) is 8.92 Å². The number of carbonyl (C=O) groups excluding carboxylic acids is 1. The molecule has 0 radical (unpaired) electrons. The molecule has 0 N–H and O–H groups in total. The average Bonchev–Trinajstić information content (AvgIpc) is 2.43. The molecule has 0 aliphatic heterocycles. The van der Waals surface area contributed by atoms with Gasteiger partial charge >= 0.3 is 21.6 Å². The van der Waals surface area contributed by atoms with Crippen LogP contribution in [0, 0.1) is 6.92 Å². The number of hydrogen-bond donors (Lipinski definition) is 0. The van der Waals surface area contributed by atoms with Crippen molar-refractivity contribution < 1.29 is 44.8 Å². The third kappa shape index (κ3) is 4.74. The molecule has 0 fully saturated rings. The highest BCUT2D eigenvalue weighted by molar-refractivity contribution is 7.88. The lowest BCUT2D eigenvalue weighted by molar-refractivity contribution is -0.0500. The van der Waals surface area contributed by atoms with E-state index in [9.17, 15) is 26.4 Å². The number of rotatable bonds is 7. The van der Waals surface area contributed by atoms with Gasteiger partial charge in [-0.25, -0.2) is 4.79 Å². The van der Waals surface area contributed by atoms with E-state index in [1.807, 2.05) is 0 Å². The number of ether oxygens (including phenoxy) is 3. The van der Waals surface area contributed by atoms with Gasteiger partial charge in [0.1, 0.15) is 17.1 Å². The fourth-order valence-corrected chi connectivity index (χ4v) is 2.09. The second-order valence-corrected chi connectivity index (χ2v) is 5.91. The molecule has 0 amide bonds. The molecule has 11 heteroatoms. The lowest BCUT2D eigenvalue weighted by atomic mass is 10.1. The van der Waals surface area contributed by atoms with Crippen LogP contribution in [-0.2, 0) is 19.6 Å². The number of benzene rings is 1. The van der Waals surface area contributed by atoms with Gasteiger partial charge in [0.25, 0.3) is 0 Å². The van der Waals surface area contributed by atoms with Gasteiger partial charge in [0.05, 0.1) is 6.61 Å². The maximum atomic E-state index is 12.4. The number of methoxy groups -OCH3 is 1. The van der Waals surface area contributed by atoms with Gasteiger partial charge in [-0.2, -0.15) is 21.6 Å². The van der Waals surface area contributed by atoms with Gasteiger partial charge in [-0.1, -0.05) is 0 Å². The third-order valence-corrected chi connectivity index (χ3v) is 3.55. The fourth-order valence-electron chi connectivity index (χ4n) is 1.65. The quantitative estimate of drug-likeness (QED) is 0.314. The first kappa shape index (κ1) is 20.0. The molecule has 0 bridgehead atoms. The minimum atomic E-state index is -5.85. The Bertz CT molecular complexity index is 698. The third-order valence-electron chi connectivity index (χ3n) is 2.57. The van der Waals surface area contributed by atoms with Crippen molar-refractivity contribution in [3.63, 3.8) is 0 Å². The van der Waals surface area contributed by atoms with Crippen molar-refractivity contribution in [2.45, 2.75) is 19.4 Å². The number of alkyl halides is 3. The molecule has 0 aromatic heterocycles. The second kappa shape index (κ2) is 7.71. The van der Waals surface area contributed by atoms with E-state index in [4.69, 9.17) is 9.47 Å². The molecule has 0 spiro atoms. The van der Waals surface area contributed by atoms with Crippen LogP contribution in [0.15, 0.2) is 12.1 Å². The zero-order valence-corrected chi connectivity index (χ0v) is 13.8. The van der Waals surface area contributed by atoms with Crippen LogP contribution in [0.1, 0.15) is 22.8 Å². The van der Waals surface area contributed by atoms with E-state index >= 15 is 0 Å². The van der Waals surface area contributed by atoms with E-state index in [1.165, 1.54) is 14.0 Å². The van der Waals surface area contributed by atoms with E-state index in [-0.39, 0.29) is 30.3 Å². The molecule has 1 aromatic rings. The van der Waals surface area contributed by atoms with Crippen molar-refractivity contribution in [3.05, 3.63) is 23.3 Å². The molecule has 136 valence electrons. The molecular weight excluding hydrogens is 357 g/mol. The highest BCUT2D eigenvalue weighted by atomic mass is 32.2. The largest absolute Gasteiger partial charge is 0.534 e. The maximum Gasteiger partial charge on any atom is 0.534 e. The standard InChI is InChI=1S/C13H15F3O7S/c1-4-21-12(17)11-8(2)5-9(6-10(11)22-7-20-3)23-24(18,19)13(14,15)16/h5-6H,4,7H2,1-3H3. The summed E-state index contributed by atoms with van der Waals surface area (Å²) in [4.78, 5) is 11.9. The Kier molecular flexibility index (Phi) is 6.43. The number of carbonyl (C=O) groups is 1. The van der Waals surface area contributed by atoms with Crippen LogP contribution < -0.4 is 8.92 Å². The predicted molar refractivity (Wildman–Crippen MR) is 75.2 cm³/mol. The van der Waals surface area contributed by atoms with Crippen molar-refractivity contribution >= 4 is 16.1 Å². The summed E-state index contributed by atoms with van der Waals surface area (Å²) in [6.07, 6.45) is 0. The number of hydrogen-bond acceptors (Lipinski definition) is 7. The topological polar surface area (TPSA) is 88.1 Å². The Balaban J connectivity index is 3.31. The lowest BCUT2D eigenvalue weighted by Crippen LogP contribution is -2.28. The molecule has 0 saturated carbocycles. The lowest BCUT2D eigenvalue weighted by Gasteiger charge is -2.15. The van der Waals surface area contributed by atoms with Gasteiger partial charge in [0.2, 0.25) is 0 Å². The minimum absolute atomic E-state index is 0.0582. The molecule has 1 aromatic carbocycles. The Morgan fingerprint density at radius 3 is 2.38 bits per heavy atom. The SMILES string of the molecule is CCOC(=O)c1c(C)cc(OS(=O)(=O)C(F)(F)F)cc1OCOC. The van der Waals surface area contributed by atoms with Crippen LogP contribution in [0.5, 0.6) is 11.5 Å². The van der Waals surface area contributed by atoms with Crippen molar-refractivity contribution in [2.75, 3.05) is 20.5 Å². The first-order chi connectivity index (χ1) is 11.0. The summed E-state index contributed by atoms with van der Waals surface area (Å²) >= 11 is 0. The molecule has 0 saturated heterocycles. The Hall–Kier alpha value is -2.01. The van der Waals surface area contributed by atoms with Crippen LogP contribution in [0.25, 0.3) is 0 Å². The van der Waals surface area contributed by atoms with Gasteiger partial charge in [-0.15, -0.1) is 0 Å². The van der Waals surface area contributed by atoms with Gasteiger partial charge < -0.3 is 18.4 Å². The second-order valence-electron chi connectivity index (χ2n) is 4.37. The van der Waals surface area contributed by atoms with Gasteiger partial charge in [0, 0.05) is 13.2 Å². The molecule has 0 aliphatic rings. The molecular formula is C13H15F3O7S. The zero-order chi connectivity index (χ0) is 18.5. The van der Waals surface area contributed by atoms with Gasteiger partial charge in [-0.05, 0) is 25.5 Å². The average molecular weight is 372 g/mol. The highest BCUT2D eigenvalue weighted by Crippen LogP contribution is 2.33. The summed E-state index contributed by atoms with van der Waals surface area (Å²) in [6, 6.07) is 1.79. The summed E-state index contributed by atoms with van der Waals surface area (Å²) in [5, 5.41) is 0. The maximum absolute atomic E-state index is 12.4. The van der Waals surface area contributed by atoms with Crippen molar-refractivity contribution in [2.24, 2.45) is 0 Å². The van der Waals surface area contributed by atoms with Crippen molar-refractivity contribution in [1.82, 2.24) is 0 Å². The summed E-state index contributed by atoms with van der Waals surface area (Å²) in [5.41, 5.74) is -5.56. The molecule has 0 heterocycles. The van der Waals surface area contributed by atoms with Crippen LogP contribution in [-0.4, -0.2) is 40.4 Å². The molecule has 7 nitrogen and oxygen atoms in total. The molecule has 0 unspecified atom stereocenters. The van der Waals surface area contributed by atoms with Crippen LogP contribution in [0.2, 0.25) is 0 Å². The number of aryl methyl sites for hydroxylation is 1. The summed E-state index contributed by atoms with van der Waals surface area (Å²) in [5.74, 6) is -1.68. The fraction of sp³-hybridized carbons (Fsp3) is 0.462. The van der Waals surface area contributed by atoms with Crippen LogP contribution >= 0.6 is 0 Å². The van der Waals surface area contributed by atoms with Gasteiger partial charge in [0.15, 0.2) is 6.79 Å². The monoisotopic (exact) mass is 372 g/mol. The van der Waals surface area contributed by atoms with E-state index in [0.29, 0.717) is 0 Å². The molecule has 24 heavy (non-hydrogen) atoms. The normalized spacial score (nSPS) is 11.9. The smallest absolute Gasteiger partial charge is 0.467 e. The molecule has 0 atom stereocenters. The van der Waals surface area contributed by atoms with Crippen LogP contribution in [0.4, 0.5) is 13.2 Å². The number of esters is 1. The summed E-state index contributed by atoms with van der Waals surface area (Å²) < 4.78 is 77.9. The summed E-state index contributed by atoms with van der Waals surface area (Å²) in [7, 11) is -4.57. The first-order valence-electron chi connectivity index (χ1n) is 6.47. The van der Waals surface area contributed by atoms with Crippen molar-refractivity contribution in [1.29, 1.82) is 0 Å². The Morgan fingerprint density at radius 2 is 1.88 bits per heavy atom. The number of halogens is 3. The van der Waals surface area contributed by atoms with Crippen LogP contribution in [0.3, 0.4) is 0 Å². The van der Waals surface area contributed by atoms with E-state index in [0.717, 1.165) is 12.1 Å². The minimum Gasteiger partial charge on any atom is -0.467 e. The highest BCUT2D eigenvalue weighted by Gasteiger charge is 2.48. The van der Waals surface area contributed by atoms with Crippen molar-refractivity contribution in [3.8, 4) is 11.5 Å². The zero-order valence-electron chi connectivity index (χ0n) is 13.0. The molecule has 0 aliphatic carbocycles. The van der Waals surface area contributed by atoms with E-state index < -0.39 is 27.3 Å². The van der Waals surface area contributed by atoms with E-state index in [1.54, 1.807) is 6.92 Å². The summed E-state index contributed by atoms with van der Waals surface area (Å²) in [6.45, 7) is 2.65.